The second-order valence-electron chi connectivity index (χ2n) is 5.75. The molecule has 2 unspecified atom stereocenters. The van der Waals surface area contributed by atoms with Gasteiger partial charge >= 0.3 is 0 Å². The molecule has 1 aromatic heterocycles. The fourth-order valence-electron chi connectivity index (χ4n) is 2.16. The van der Waals surface area contributed by atoms with Gasteiger partial charge in [0.1, 0.15) is 5.01 Å². The number of hydrogen-bond donors (Lipinski definition) is 2. The summed E-state index contributed by atoms with van der Waals surface area (Å²) >= 11 is 1.75. The summed E-state index contributed by atoms with van der Waals surface area (Å²) in [6.45, 7) is 9.39. The van der Waals surface area contributed by atoms with Gasteiger partial charge in [-0.25, -0.2) is 4.98 Å². The zero-order valence-corrected chi connectivity index (χ0v) is 14.0. The van der Waals surface area contributed by atoms with Crippen LogP contribution in [0, 0.1) is 19.8 Å². The Balaban J connectivity index is 2.13. The topological polar surface area (TPSA) is 45.2 Å². The van der Waals surface area contributed by atoms with Gasteiger partial charge in [0.2, 0.25) is 0 Å². The van der Waals surface area contributed by atoms with Crippen LogP contribution in [0.2, 0.25) is 0 Å². The lowest BCUT2D eigenvalue weighted by molar-refractivity contribution is 0.231. The quantitative estimate of drug-likeness (QED) is 0.855. The van der Waals surface area contributed by atoms with E-state index < -0.39 is 0 Å². The molecule has 0 aliphatic heterocycles. The van der Waals surface area contributed by atoms with Crippen molar-refractivity contribution >= 4 is 11.3 Å². The van der Waals surface area contributed by atoms with Crippen molar-refractivity contribution in [3.63, 3.8) is 0 Å². The van der Waals surface area contributed by atoms with Gasteiger partial charge in [-0.05, 0) is 26.7 Å². The summed E-state index contributed by atoms with van der Waals surface area (Å²) < 4.78 is 0. The van der Waals surface area contributed by atoms with Crippen molar-refractivity contribution in [2.75, 3.05) is 13.2 Å². The molecule has 2 N–H and O–H groups in total. The summed E-state index contributed by atoms with van der Waals surface area (Å²) in [5.41, 5.74) is 3.53. The van der Waals surface area contributed by atoms with Crippen molar-refractivity contribution in [2.45, 2.75) is 33.7 Å². The molecule has 2 atom stereocenters. The molecular weight excluding hydrogens is 280 g/mol. The third-order valence-electron chi connectivity index (χ3n) is 3.61. The van der Waals surface area contributed by atoms with Gasteiger partial charge in [-0.2, -0.15) is 0 Å². The molecule has 3 nitrogen and oxygen atoms in total. The van der Waals surface area contributed by atoms with E-state index in [4.69, 9.17) is 10.1 Å². The molecule has 0 saturated heterocycles. The molecule has 1 heterocycles. The van der Waals surface area contributed by atoms with E-state index in [9.17, 15) is 0 Å². The maximum atomic E-state index is 9.10. The van der Waals surface area contributed by atoms with E-state index in [-0.39, 0.29) is 18.6 Å². The highest BCUT2D eigenvalue weighted by Gasteiger charge is 2.15. The fourth-order valence-corrected chi connectivity index (χ4v) is 3.26. The monoisotopic (exact) mass is 304 g/mol. The van der Waals surface area contributed by atoms with Crippen molar-refractivity contribution in [3.8, 4) is 10.6 Å². The van der Waals surface area contributed by atoms with Gasteiger partial charge in [0.15, 0.2) is 0 Å². The number of aryl methyl sites for hydroxylation is 2. The van der Waals surface area contributed by atoms with Gasteiger partial charge in [0.05, 0.1) is 5.69 Å². The summed E-state index contributed by atoms with van der Waals surface area (Å²) in [6, 6.07) is 8.76. The zero-order valence-electron chi connectivity index (χ0n) is 13.2. The first-order valence-corrected chi connectivity index (χ1v) is 8.21. The van der Waals surface area contributed by atoms with Gasteiger partial charge in [-0.15, -0.1) is 11.3 Å². The molecular formula is C17H24N2OS. The summed E-state index contributed by atoms with van der Waals surface area (Å²) in [4.78, 5) is 5.98. The molecule has 0 spiro atoms. The molecule has 0 saturated carbocycles. The molecule has 0 aliphatic rings. The minimum absolute atomic E-state index is 0.218. The zero-order chi connectivity index (χ0) is 15.4. The van der Waals surface area contributed by atoms with Gasteiger partial charge in [-0.1, -0.05) is 36.8 Å². The molecule has 0 fully saturated rings. The Hall–Kier alpha value is -1.23. The van der Waals surface area contributed by atoms with Gasteiger partial charge in [0.25, 0.3) is 0 Å². The summed E-state index contributed by atoms with van der Waals surface area (Å²) in [5, 5.41) is 13.6. The molecule has 0 aliphatic carbocycles. The van der Waals surface area contributed by atoms with Crippen LogP contribution in [0.15, 0.2) is 24.3 Å². The van der Waals surface area contributed by atoms with Gasteiger partial charge < -0.3 is 10.4 Å². The first-order chi connectivity index (χ1) is 10.0. The first kappa shape index (κ1) is 16.1. The van der Waals surface area contributed by atoms with E-state index in [1.54, 1.807) is 11.3 Å². The van der Waals surface area contributed by atoms with E-state index in [0.29, 0.717) is 0 Å². The predicted molar refractivity (Wildman–Crippen MR) is 89.7 cm³/mol. The second kappa shape index (κ2) is 7.16. The van der Waals surface area contributed by atoms with Crippen LogP contribution in [-0.2, 0) is 0 Å². The molecule has 0 radical (unpaired) electrons. The lowest BCUT2D eigenvalue weighted by Gasteiger charge is -2.15. The molecule has 0 bridgehead atoms. The SMILES string of the molecule is Cc1ccc(-c2nc(C)c(C(C)NCC(C)CO)s2)cc1. The molecule has 2 aromatic rings. The minimum atomic E-state index is 0.218. The van der Waals surface area contributed by atoms with Crippen LogP contribution >= 0.6 is 11.3 Å². The third kappa shape index (κ3) is 4.13. The number of hydrogen-bond acceptors (Lipinski definition) is 4. The largest absolute Gasteiger partial charge is 0.396 e. The number of aromatic nitrogens is 1. The van der Waals surface area contributed by atoms with E-state index in [0.717, 1.165) is 17.2 Å². The summed E-state index contributed by atoms with van der Waals surface area (Å²) in [7, 11) is 0. The van der Waals surface area contributed by atoms with Crippen LogP contribution in [0.3, 0.4) is 0 Å². The van der Waals surface area contributed by atoms with E-state index in [2.05, 4.69) is 50.4 Å². The predicted octanol–water partition coefficient (Wildman–Crippen LogP) is 3.71. The third-order valence-corrected chi connectivity index (χ3v) is 5.00. The Labute approximate surface area is 131 Å². The van der Waals surface area contributed by atoms with Crippen molar-refractivity contribution in [1.29, 1.82) is 0 Å². The lowest BCUT2D eigenvalue weighted by atomic mass is 10.1. The number of thiazole rings is 1. The number of benzene rings is 1. The Morgan fingerprint density at radius 1 is 1.19 bits per heavy atom. The van der Waals surface area contributed by atoms with Crippen LogP contribution in [0.4, 0.5) is 0 Å². The highest BCUT2D eigenvalue weighted by atomic mass is 32.1. The molecule has 4 heteroatoms. The van der Waals surface area contributed by atoms with Crippen LogP contribution in [0.1, 0.15) is 36.0 Å². The molecule has 1 aromatic carbocycles. The second-order valence-corrected chi connectivity index (χ2v) is 6.78. The van der Waals surface area contributed by atoms with Crippen LogP contribution in [0.5, 0.6) is 0 Å². The van der Waals surface area contributed by atoms with Crippen LogP contribution in [0.25, 0.3) is 10.6 Å². The first-order valence-electron chi connectivity index (χ1n) is 7.40. The normalized spacial score (nSPS) is 14.1. The van der Waals surface area contributed by atoms with Crippen molar-refractivity contribution < 1.29 is 5.11 Å². The Morgan fingerprint density at radius 3 is 2.48 bits per heavy atom. The highest BCUT2D eigenvalue weighted by molar-refractivity contribution is 7.15. The average molecular weight is 304 g/mol. The average Bonchev–Trinajstić information content (AvgIpc) is 2.87. The maximum Gasteiger partial charge on any atom is 0.123 e. The number of nitrogens with zero attached hydrogens (tertiary/aromatic N) is 1. The number of nitrogens with one attached hydrogen (secondary N) is 1. The van der Waals surface area contributed by atoms with E-state index in [1.165, 1.54) is 16.0 Å². The Bertz CT molecular complexity index is 577. The van der Waals surface area contributed by atoms with Crippen molar-refractivity contribution in [2.24, 2.45) is 5.92 Å². The van der Waals surface area contributed by atoms with Crippen molar-refractivity contribution in [3.05, 3.63) is 40.4 Å². The number of aliphatic hydroxyl groups is 1. The van der Waals surface area contributed by atoms with E-state index in [1.807, 2.05) is 6.92 Å². The molecule has 0 amide bonds. The number of aliphatic hydroxyl groups excluding tert-OH is 1. The summed E-state index contributed by atoms with van der Waals surface area (Å²) in [5.74, 6) is 0.275. The van der Waals surface area contributed by atoms with Crippen LogP contribution in [-0.4, -0.2) is 23.2 Å². The number of rotatable bonds is 6. The summed E-state index contributed by atoms with van der Waals surface area (Å²) in [6.07, 6.45) is 0. The van der Waals surface area contributed by atoms with Crippen LogP contribution < -0.4 is 5.32 Å². The molecule has 2 rings (SSSR count). The Kier molecular flexibility index (Phi) is 5.51. The van der Waals surface area contributed by atoms with Crippen molar-refractivity contribution in [1.82, 2.24) is 10.3 Å². The molecule has 21 heavy (non-hydrogen) atoms. The fraction of sp³-hybridized carbons (Fsp3) is 0.471. The highest BCUT2D eigenvalue weighted by Crippen LogP contribution is 2.31. The maximum absolute atomic E-state index is 9.10. The molecule has 114 valence electrons. The van der Waals surface area contributed by atoms with Gasteiger partial charge in [0, 0.05) is 29.6 Å². The smallest absolute Gasteiger partial charge is 0.123 e. The van der Waals surface area contributed by atoms with E-state index >= 15 is 0 Å². The minimum Gasteiger partial charge on any atom is -0.396 e. The lowest BCUT2D eigenvalue weighted by Crippen LogP contribution is -2.25. The Morgan fingerprint density at radius 2 is 1.86 bits per heavy atom. The van der Waals surface area contributed by atoms with Gasteiger partial charge in [-0.3, -0.25) is 0 Å². The standard InChI is InChI=1S/C17H24N2OS/c1-11-5-7-15(8-6-11)17-19-14(4)16(21-17)13(3)18-9-12(2)10-20/h5-8,12-13,18,20H,9-10H2,1-4H3.